The lowest BCUT2D eigenvalue weighted by atomic mass is 10.1. The molecule has 1 aliphatic heterocycles. The first kappa shape index (κ1) is 12.5. The van der Waals surface area contributed by atoms with Crippen LogP contribution in [0.5, 0.6) is 11.5 Å². The van der Waals surface area contributed by atoms with Gasteiger partial charge in [-0.2, -0.15) is 0 Å². The number of fused-ring (bicyclic) bond motifs is 1. The van der Waals surface area contributed by atoms with Crippen LogP contribution in [-0.4, -0.2) is 44.9 Å². The summed E-state index contributed by atoms with van der Waals surface area (Å²) in [6, 6.07) is 3.23. The number of carbonyl (C=O) groups is 1. The van der Waals surface area contributed by atoms with Crippen LogP contribution in [0.2, 0.25) is 0 Å². The van der Waals surface area contributed by atoms with Gasteiger partial charge >= 0.3 is 0 Å². The van der Waals surface area contributed by atoms with Crippen molar-refractivity contribution < 1.29 is 19.0 Å². The van der Waals surface area contributed by atoms with Crippen LogP contribution in [0.3, 0.4) is 0 Å². The van der Waals surface area contributed by atoms with Gasteiger partial charge < -0.3 is 24.8 Å². The molecule has 6 nitrogen and oxygen atoms in total. The summed E-state index contributed by atoms with van der Waals surface area (Å²) in [5.74, 6) is 0.958. The number of likely N-dealkylation sites (N-methyl/N-ethyl adjacent to an activating group) is 1. The normalized spacial score (nSPS) is 12.6. The molecule has 0 saturated carbocycles. The molecule has 0 saturated heterocycles. The summed E-state index contributed by atoms with van der Waals surface area (Å²) >= 11 is 0. The van der Waals surface area contributed by atoms with Crippen LogP contribution in [0.1, 0.15) is 10.4 Å². The summed E-state index contributed by atoms with van der Waals surface area (Å²) in [5.41, 5.74) is 6.64. The summed E-state index contributed by atoms with van der Waals surface area (Å²) in [4.78, 5) is 13.7. The molecule has 2 rings (SSSR count). The Balaban J connectivity index is 2.20. The van der Waals surface area contributed by atoms with E-state index in [2.05, 4.69) is 0 Å². The maximum atomic E-state index is 12.2. The van der Waals surface area contributed by atoms with Gasteiger partial charge in [-0.15, -0.1) is 0 Å². The average molecular weight is 252 g/mol. The highest BCUT2D eigenvalue weighted by atomic mass is 16.7. The Morgan fingerprint density at radius 3 is 2.78 bits per heavy atom. The number of nitrogen functional groups attached to an aromatic ring is 1. The van der Waals surface area contributed by atoms with Crippen molar-refractivity contribution >= 4 is 11.6 Å². The van der Waals surface area contributed by atoms with Crippen LogP contribution < -0.4 is 15.2 Å². The Hall–Kier alpha value is -1.95. The van der Waals surface area contributed by atoms with Crippen molar-refractivity contribution in [3.63, 3.8) is 0 Å². The lowest BCUT2D eigenvalue weighted by Gasteiger charge is -2.17. The lowest BCUT2D eigenvalue weighted by Crippen LogP contribution is -2.30. The fourth-order valence-electron chi connectivity index (χ4n) is 1.68. The number of anilines is 1. The molecule has 1 aromatic rings. The molecule has 1 aliphatic rings. The molecule has 0 unspecified atom stereocenters. The quantitative estimate of drug-likeness (QED) is 0.799. The van der Waals surface area contributed by atoms with Crippen LogP contribution >= 0.6 is 0 Å². The van der Waals surface area contributed by atoms with Gasteiger partial charge in [0.2, 0.25) is 6.79 Å². The fourth-order valence-corrected chi connectivity index (χ4v) is 1.68. The second-order valence-corrected chi connectivity index (χ2v) is 4.01. The Bertz CT molecular complexity index is 462. The zero-order valence-electron chi connectivity index (χ0n) is 10.4. The van der Waals surface area contributed by atoms with Crippen molar-refractivity contribution in [1.82, 2.24) is 4.90 Å². The molecular formula is C12H16N2O4. The molecule has 0 spiro atoms. The monoisotopic (exact) mass is 252 g/mol. The van der Waals surface area contributed by atoms with E-state index in [1.54, 1.807) is 31.2 Å². The minimum Gasteiger partial charge on any atom is -0.454 e. The minimum atomic E-state index is -0.164. The summed E-state index contributed by atoms with van der Waals surface area (Å²) in [6.45, 7) is 1.14. The highest BCUT2D eigenvalue weighted by Gasteiger charge is 2.21. The molecular weight excluding hydrogens is 236 g/mol. The van der Waals surface area contributed by atoms with E-state index < -0.39 is 0 Å². The molecule has 1 amide bonds. The number of amides is 1. The first-order valence-corrected chi connectivity index (χ1v) is 5.57. The molecule has 6 heteroatoms. The van der Waals surface area contributed by atoms with E-state index >= 15 is 0 Å². The van der Waals surface area contributed by atoms with Gasteiger partial charge in [-0.25, -0.2) is 0 Å². The number of ether oxygens (including phenoxy) is 3. The maximum absolute atomic E-state index is 12.2. The smallest absolute Gasteiger partial charge is 0.255 e. The van der Waals surface area contributed by atoms with Gasteiger partial charge in [0.1, 0.15) is 0 Å². The molecule has 0 atom stereocenters. The Morgan fingerprint density at radius 1 is 1.44 bits per heavy atom. The van der Waals surface area contributed by atoms with E-state index in [1.165, 1.54) is 0 Å². The van der Waals surface area contributed by atoms with E-state index in [4.69, 9.17) is 19.9 Å². The average Bonchev–Trinajstić information content (AvgIpc) is 2.81. The first-order chi connectivity index (χ1) is 8.63. The number of nitrogens with two attached hydrogens (primary N) is 1. The molecule has 0 fully saturated rings. The molecule has 18 heavy (non-hydrogen) atoms. The highest BCUT2D eigenvalue weighted by Crippen LogP contribution is 2.36. The maximum Gasteiger partial charge on any atom is 0.255 e. The van der Waals surface area contributed by atoms with Crippen LogP contribution in [0.15, 0.2) is 12.1 Å². The number of methoxy groups -OCH3 is 1. The molecule has 0 radical (unpaired) electrons. The number of nitrogens with zero attached hydrogens (tertiary/aromatic N) is 1. The fraction of sp³-hybridized carbons (Fsp3) is 0.417. The molecule has 0 aromatic heterocycles. The molecule has 0 aliphatic carbocycles. The summed E-state index contributed by atoms with van der Waals surface area (Å²) < 4.78 is 15.4. The standard InChI is InChI=1S/C12H16N2O4/c1-14(3-4-16-2)12(15)8-5-10-11(6-9(8)13)18-7-17-10/h5-6H,3-4,7,13H2,1-2H3. The second kappa shape index (κ2) is 5.14. The SMILES string of the molecule is COCCN(C)C(=O)c1cc2c(cc1N)OCO2. The van der Waals surface area contributed by atoms with Crippen molar-refractivity contribution in [2.24, 2.45) is 0 Å². The van der Waals surface area contributed by atoms with Crippen LogP contribution in [0.4, 0.5) is 5.69 Å². The zero-order chi connectivity index (χ0) is 13.1. The largest absolute Gasteiger partial charge is 0.454 e. The molecule has 98 valence electrons. The van der Waals surface area contributed by atoms with Crippen molar-refractivity contribution in [2.45, 2.75) is 0 Å². The Morgan fingerprint density at radius 2 is 2.11 bits per heavy atom. The highest BCUT2D eigenvalue weighted by molar-refractivity contribution is 6.00. The third kappa shape index (κ3) is 2.33. The topological polar surface area (TPSA) is 74.0 Å². The number of hydrogen-bond donors (Lipinski definition) is 1. The van der Waals surface area contributed by atoms with Crippen LogP contribution in [0.25, 0.3) is 0 Å². The van der Waals surface area contributed by atoms with Crippen LogP contribution in [0, 0.1) is 0 Å². The lowest BCUT2D eigenvalue weighted by molar-refractivity contribution is 0.0745. The van der Waals surface area contributed by atoms with Gasteiger partial charge in [-0.3, -0.25) is 4.79 Å². The third-order valence-corrected chi connectivity index (χ3v) is 2.75. The molecule has 0 bridgehead atoms. The van der Waals surface area contributed by atoms with Gasteiger partial charge in [0.25, 0.3) is 5.91 Å². The number of rotatable bonds is 4. The zero-order valence-corrected chi connectivity index (χ0v) is 10.4. The van der Waals surface area contributed by atoms with Gasteiger partial charge in [-0.05, 0) is 6.07 Å². The van der Waals surface area contributed by atoms with Gasteiger partial charge in [-0.1, -0.05) is 0 Å². The Labute approximate surface area is 105 Å². The predicted molar refractivity (Wildman–Crippen MR) is 65.8 cm³/mol. The summed E-state index contributed by atoms with van der Waals surface area (Å²) in [6.07, 6.45) is 0. The minimum absolute atomic E-state index is 0.159. The summed E-state index contributed by atoms with van der Waals surface area (Å²) in [5, 5.41) is 0. The van der Waals surface area contributed by atoms with E-state index in [9.17, 15) is 4.79 Å². The van der Waals surface area contributed by atoms with Crippen molar-refractivity contribution in [2.75, 3.05) is 39.8 Å². The number of hydrogen-bond acceptors (Lipinski definition) is 5. The van der Waals surface area contributed by atoms with Gasteiger partial charge in [0, 0.05) is 32.5 Å². The summed E-state index contributed by atoms with van der Waals surface area (Å²) in [7, 11) is 3.29. The van der Waals surface area contributed by atoms with Crippen LogP contribution in [-0.2, 0) is 4.74 Å². The van der Waals surface area contributed by atoms with E-state index in [0.29, 0.717) is 35.9 Å². The Kier molecular flexibility index (Phi) is 3.57. The van der Waals surface area contributed by atoms with Gasteiger partial charge in [0.05, 0.1) is 12.2 Å². The first-order valence-electron chi connectivity index (χ1n) is 5.57. The van der Waals surface area contributed by atoms with Gasteiger partial charge in [0.15, 0.2) is 11.5 Å². The number of benzene rings is 1. The molecule has 1 aromatic carbocycles. The van der Waals surface area contributed by atoms with Crippen molar-refractivity contribution in [3.05, 3.63) is 17.7 Å². The second-order valence-electron chi connectivity index (χ2n) is 4.01. The number of carbonyl (C=O) groups excluding carboxylic acids is 1. The van der Waals surface area contributed by atoms with E-state index in [1.807, 2.05) is 0 Å². The molecule has 2 N–H and O–H groups in total. The predicted octanol–water partition coefficient (Wildman–Crippen LogP) is 0.716. The third-order valence-electron chi connectivity index (χ3n) is 2.75. The van der Waals surface area contributed by atoms with Crippen molar-refractivity contribution in [1.29, 1.82) is 0 Å². The molecule has 1 heterocycles. The van der Waals surface area contributed by atoms with E-state index in [0.717, 1.165) is 0 Å². The van der Waals surface area contributed by atoms with Crippen molar-refractivity contribution in [3.8, 4) is 11.5 Å². The van der Waals surface area contributed by atoms with E-state index in [-0.39, 0.29) is 12.7 Å².